The molecule has 41 heavy (non-hydrogen) atoms. The third kappa shape index (κ3) is 6.81. The van der Waals surface area contributed by atoms with Gasteiger partial charge in [0.2, 0.25) is 0 Å². The molecule has 1 fully saturated rings. The fraction of sp³-hybridized carbons (Fsp3) is 0.433. The Morgan fingerprint density at radius 1 is 1.00 bits per heavy atom. The summed E-state index contributed by atoms with van der Waals surface area (Å²) in [6, 6.07) is 15.6. The second-order valence-electron chi connectivity index (χ2n) is 10.2. The highest BCUT2D eigenvalue weighted by Gasteiger charge is 2.45. The van der Waals surface area contributed by atoms with Crippen LogP contribution >= 0.6 is 0 Å². The number of ether oxygens (including phenoxy) is 1. The van der Waals surface area contributed by atoms with Gasteiger partial charge in [0, 0.05) is 30.4 Å². The molecule has 0 amide bonds. The third-order valence-corrected chi connectivity index (χ3v) is 8.54. The predicted octanol–water partition coefficient (Wildman–Crippen LogP) is 3.73. The molecule has 1 unspecified atom stereocenters. The Morgan fingerprint density at radius 3 is 2.34 bits per heavy atom. The van der Waals surface area contributed by atoms with Gasteiger partial charge >= 0.3 is 0 Å². The normalized spacial score (nSPS) is 23.4. The van der Waals surface area contributed by atoms with E-state index in [1.54, 1.807) is 25.1 Å². The molecule has 0 bridgehead atoms. The largest absolute Gasteiger partial charge is 0.457 e. The maximum Gasteiger partial charge on any atom is 0.251 e. The topological polar surface area (TPSA) is 156 Å². The van der Waals surface area contributed by atoms with Gasteiger partial charge in [0.1, 0.15) is 35.8 Å². The minimum Gasteiger partial charge on any atom is -0.457 e. The predicted molar refractivity (Wildman–Crippen MR) is 157 cm³/mol. The van der Waals surface area contributed by atoms with Gasteiger partial charge in [0.25, 0.3) is 10.0 Å². The highest BCUT2D eigenvalue weighted by Crippen LogP contribution is 2.30. The van der Waals surface area contributed by atoms with E-state index in [1.165, 1.54) is 5.69 Å². The van der Waals surface area contributed by atoms with E-state index < -0.39 is 45.6 Å². The molecule has 4 rings (SSSR count). The number of furan rings is 1. The summed E-state index contributed by atoms with van der Waals surface area (Å²) >= 11 is 0. The number of benzene rings is 2. The van der Waals surface area contributed by atoms with Crippen molar-refractivity contribution in [1.29, 1.82) is 5.26 Å². The fourth-order valence-corrected chi connectivity index (χ4v) is 6.16. The minimum absolute atomic E-state index is 0.124. The summed E-state index contributed by atoms with van der Waals surface area (Å²) in [4.78, 5) is 1.68. The zero-order chi connectivity index (χ0) is 29.7. The van der Waals surface area contributed by atoms with Crippen molar-refractivity contribution in [3.63, 3.8) is 0 Å². The van der Waals surface area contributed by atoms with Crippen molar-refractivity contribution in [3.8, 4) is 17.4 Å². The van der Waals surface area contributed by atoms with E-state index in [0.29, 0.717) is 12.2 Å². The first kappa shape index (κ1) is 30.7. The van der Waals surface area contributed by atoms with Gasteiger partial charge < -0.3 is 29.4 Å². The minimum atomic E-state index is -4.51. The second-order valence-corrected chi connectivity index (χ2v) is 11.8. The van der Waals surface area contributed by atoms with Gasteiger partial charge in [-0.05, 0) is 60.4 Å². The van der Waals surface area contributed by atoms with Crippen molar-refractivity contribution in [3.05, 3.63) is 59.2 Å². The van der Waals surface area contributed by atoms with Crippen LogP contribution in [-0.4, -0.2) is 67.5 Å². The summed E-state index contributed by atoms with van der Waals surface area (Å²) in [5.41, 5.74) is 1.96. The van der Waals surface area contributed by atoms with Gasteiger partial charge in [-0.15, -0.1) is 0 Å². The van der Waals surface area contributed by atoms with Crippen molar-refractivity contribution in [2.24, 2.45) is 0 Å². The SMILES string of the molecule is CCCN(CCC)c1ccc2cc(-c3ccc(/C=C(\C#N)S(=O)(=O)N[C@H]4C(O)O[C@H](CC)[C@@H](O)[C@@H]4O)o3)ccc2c1. The number of hydrogen-bond acceptors (Lipinski definition) is 9. The van der Waals surface area contributed by atoms with Crippen LogP contribution in [0.5, 0.6) is 0 Å². The lowest BCUT2D eigenvalue weighted by molar-refractivity contribution is -0.244. The summed E-state index contributed by atoms with van der Waals surface area (Å²) < 4.78 is 39.1. The van der Waals surface area contributed by atoms with Crippen LogP contribution in [0.1, 0.15) is 45.8 Å². The van der Waals surface area contributed by atoms with E-state index in [0.717, 1.165) is 48.3 Å². The van der Waals surface area contributed by atoms with Crippen LogP contribution in [0.4, 0.5) is 5.69 Å². The molecule has 2 aromatic carbocycles. The molecular weight excluding hydrogens is 546 g/mol. The summed E-state index contributed by atoms with van der Waals surface area (Å²) in [5.74, 6) is 0.614. The zero-order valence-corrected chi connectivity index (χ0v) is 24.2. The molecule has 1 aliphatic rings. The number of rotatable bonds is 11. The molecule has 3 aromatic rings. The standard InChI is InChI=1S/C30H37N3O7S/c1-4-13-33(14-5-2)22-10-9-19-15-21(8-7-20(19)16-22)26-12-11-23(39-26)17-24(18-31)41(37,38)32-27-29(35)28(34)25(6-3)40-30(27)36/h7-12,15-17,25,27-30,32,34-36H,4-6,13-14H2,1-3H3/b24-17+/t25-,27-,28-,29-,30?/m1/s1. The van der Waals surface area contributed by atoms with Crippen LogP contribution in [0.25, 0.3) is 28.2 Å². The van der Waals surface area contributed by atoms with E-state index in [4.69, 9.17) is 9.15 Å². The number of nitriles is 1. The Morgan fingerprint density at radius 2 is 1.68 bits per heavy atom. The average molecular weight is 584 g/mol. The molecule has 2 heterocycles. The number of sulfonamides is 1. The highest BCUT2D eigenvalue weighted by atomic mass is 32.2. The van der Waals surface area contributed by atoms with E-state index in [1.807, 2.05) is 18.2 Å². The molecule has 1 aliphatic heterocycles. The van der Waals surface area contributed by atoms with E-state index >= 15 is 0 Å². The molecule has 0 aliphatic carbocycles. The Labute approximate surface area is 240 Å². The number of hydrogen-bond donors (Lipinski definition) is 4. The molecule has 1 aromatic heterocycles. The van der Waals surface area contributed by atoms with Crippen molar-refractivity contribution in [2.75, 3.05) is 18.0 Å². The van der Waals surface area contributed by atoms with Crippen LogP contribution in [0.3, 0.4) is 0 Å². The first-order valence-electron chi connectivity index (χ1n) is 13.8. The number of aliphatic hydroxyl groups is 3. The Balaban J connectivity index is 1.54. The highest BCUT2D eigenvalue weighted by molar-refractivity contribution is 7.93. The number of fused-ring (bicyclic) bond motifs is 1. The first-order valence-corrected chi connectivity index (χ1v) is 15.3. The van der Waals surface area contributed by atoms with Gasteiger partial charge in [0.15, 0.2) is 11.2 Å². The number of aliphatic hydroxyl groups excluding tert-OH is 3. The lowest BCUT2D eigenvalue weighted by atomic mass is 9.96. The molecule has 220 valence electrons. The number of anilines is 1. The summed E-state index contributed by atoms with van der Waals surface area (Å²) in [6.45, 7) is 8.01. The second kappa shape index (κ2) is 13.2. The molecule has 11 heteroatoms. The Bertz CT molecular complexity index is 1520. The molecule has 10 nitrogen and oxygen atoms in total. The molecular formula is C30H37N3O7S. The van der Waals surface area contributed by atoms with Gasteiger partial charge in [-0.1, -0.05) is 39.0 Å². The van der Waals surface area contributed by atoms with Crippen LogP contribution in [0.2, 0.25) is 0 Å². The van der Waals surface area contributed by atoms with Crippen molar-refractivity contribution >= 4 is 32.6 Å². The average Bonchev–Trinajstić information content (AvgIpc) is 3.44. The quantitative estimate of drug-likeness (QED) is 0.247. The Hall–Kier alpha value is -3.24. The summed E-state index contributed by atoms with van der Waals surface area (Å²) in [6.07, 6.45) is -2.14. The Kier molecular flexibility index (Phi) is 9.86. The fourth-order valence-electron chi connectivity index (χ4n) is 5.03. The van der Waals surface area contributed by atoms with Gasteiger partial charge in [0.05, 0.1) is 6.10 Å². The van der Waals surface area contributed by atoms with Crippen molar-refractivity contribution in [1.82, 2.24) is 4.72 Å². The van der Waals surface area contributed by atoms with E-state index in [9.17, 15) is 29.0 Å². The number of nitrogens with one attached hydrogen (secondary N) is 1. The lowest BCUT2D eigenvalue weighted by Gasteiger charge is -2.40. The van der Waals surface area contributed by atoms with E-state index in [2.05, 4.69) is 41.7 Å². The van der Waals surface area contributed by atoms with Gasteiger partial charge in [-0.25, -0.2) is 8.42 Å². The zero-order valence-electron chi connectivity index (χ0n) is 23.4. The van der Waals surface area contributed by atoms with Crippen molar-refractivity contribution < 1.29 is 32.9 Å². The molecule has 4 N–H and O–H groups in total. The number of nitrogens with zero attached hydrogens (tertiary/aromatic N) is 2. The van der Waals surface area contributed by atoms with Crippen LogP contribution in [0.15, 0.2) is 57.9 Å². The van der Waals surface area contributed by atoms with Gasteiger partial charge in [-0.3, -0.25) is 0 Å². The first-order chi connectivity index (χ1) is 19.6. The van der Waals surface area contributed by atoms with Crippen LogP contribution < -0.4 is 9.62 Å². The number of allylic oxidation sites excluding steroid dienone is 1. The maximum absolute atomic E-state index is 13.0. The third-order valence-electron chi connectivity index (χ3n) is 7.17. The maximum atomic E-state index is 13.0. The van der Waals surface area contributed by atoms with Crippen molar-refractivity contribution in [2.45, 2.75) is 70.7 Å². The lowest BCUT2D eigenvalue weighted by Crippen LogP contribution is -2.63. The van der Waals surface area contributed by atoms with Crippen LogP contribution in [-0.2, 0) is 14.8 Å². The van der Waals surface area contributed by atoms with Crippen LogP contribution in [0, 0.1) is 11.3 Å². The van der Waals surface area contributed by atoms with Gasteiger partial charge in [-0.2, -0.15) is 9.98 Å². The molecule has 0 saturated carbocycles. The molecule has 0 spiro atoms. The van der Waals surface area contributed by atoms with E-state index in [-0.39, 0.29) is 5.76 Å². The smallest absolute Gasteiger partial charge is 0.251 e. The summed E-state index contributed by atoms with van der Waals surface area (Å²) in [7, 11) is -4.51. The molecule has 1 saturated heterocycles. The molecule has 0 radical (unpaired) electrons. The molecule has 5 atom stereocenters. The summed E-state index contributed by atoms with van der Waals surface area (Å²) in [5, 5.41) is 42.5. The monoisotopic (exact) mass is 583 g/mol.